The molecule has 0 saturated carbocycles. The number of unbranched alkanes of at least 4 members (excludes halogenated alkanes) is 1. The number of oxazole rings is 1. The minimum absolute atomic E-state index is 0.187. The van der Waals surface area contributed by atoms with Crippen molar-refractivity contribution >= 4 is 46.9 Å². The summed E-state index contributed by atoms with van der Waals surface area (Å²) in [6.45, 7) is 1.43. The van der Waals surface area contributed by atoms with E-state index in [1.807, 2.05) is 30.5 Å². The van der Waals surface area contributed by atoms with Crippen molar-refractivity contribution in [2.75, 3.05) is 30.9 Å². The van der Waals surface area contributed by atoms with Crippen molar-refractivity contribution in [1.29, 1.82) is 0 Å². The van der Waals surface area contributed by atoms with Gasteiger partial charge in [0.2, 0.25) is 5.91 Å². The number of hydrogen-bond donors (Lipinski definition) is 2. The lowest BCUT2D eigenvalue weighted by molar-refractivity contribution is -0.120. The average Bonchev–Trinajstić information content (AvgIpc) is 3.69. The number of urea groups is 1. The Balaban J connectivity index is 0.996. The minimum Gasteiger partial charge on any atom is -0.495 e. The fourth-order valence-electron chi connectivity index (χ4n) is 4.66. The second-order valence-corrected chi connectivity index (χ2v) is 11.6. The number of methoxy groups -OCH3 is 1. The van der Waals surface area contributed by atoms with E-state index in [2.05, 4.69) is 25.9 Å². The molecule has 230 valence electrons. The molecule has 0 atom stereocenters. The van der Waals surface area contributed by atoms with Gasteiger partial charge < -0.3 is 14.5 Å². The van der Waals surface area contributed by atoms with Gasteiger partial charge >= 0.3 is 6.03 Å². The summed E-state index contributed by atoms with van der Waals surface area (Å²) in [5, 5.41) is 14.1. The number of carbonyl (C=O) groups excluding carboxylic acids is 3. The van der Waals surface area contributed by atoms with Gasteiger partial charge in [0.25, 0.3) is 5.91 Å². The maximum absolute atomic E-state index is 12.7. The van der Waals surface area contributed by atoms with Crippen molar-refractivity contribution in [2.45, 2.75) is 43.5 Å². The second kappa shape index (κ2) is 14.9. The van der Waals surface area contributed by atoms with Crippen LogP contribution < -0.4 is 20.3 Å². The number of imide groups is 1. The summed E-state index contributed by atoms with van der Waals surface area (Å²) in [5.41, 5.74) is 2.53. The number of nitrogens with one attached hydrogen (secondary N) is 2. The maximum Gasteiger partial charge on any atom is 0.328 e. The monoisotopic (exact) mass is 637 g/mol. The van der Waals surface area contributed by atoms with E-state index in [4.69, 9.17) is 20.8 Å². The van der Waals surface area contributed by atoms with Crippen molar-refractivity contribution in [3.8, 4) is 17.1 Å². The molecule has 0 aliphatic carbocycles. The zero-order chi connectivity index (χ0) is 30.9. The van der Waals surface area contributed by atoms with Crippen LogP contribution in [0, 0.1) is 0 Å². The molecule has 12 nitrogen and oxygen atoms in total. The van der Waals surface area contributed by atoms with Crippen LogP contribution in [0.15, 0.2) is 64.4 Å². The van der Waals surface area contributed by atoms with Gasteiger partial charge in [-0.25, -0.2) is 9.78 Å². The fraction of sp³-hybridized carbons (Fsp3) is 0.333. The number of carbonyl (C=O) groups is 3. The number of rotatable bonds is 14. The van der Waals surface area contributed by atoms with E-state index in [-0.39, 0.29) is 23.5 Å². The highest BCUT2D eigenvalue weighted by molar-refractivity contribution is 7.99. The average molecular weight is 638 g/mol. The van der Waals surface area contributed by atoms with Crippen LogP contribution >= 0.6 is 23.4 Å². The summed E-state index contributed by atoms with van der Waals surface area (Å²) in [5.74, 6) is 1.22. The number of ether oxygens (including phenoxy) is 1. The van der Waals surface area contributed by atoms with E-state index in [1.165, 1.54) is 13.5 Å². The van der Waals surface area contributed by atoms with Crippen molar-refractivity contribution in [1.82, 2.24) is 30.6 Å². The van der Waals surface area contributed by atoms with Gasteiger partial charge in [-0.3, -0.25) is 24.5 Å². The summed E-state index contributed by atoms with van der Waals surface area (Å²) in [6.07, 6.45) is 6.94. The highest BCUT2D eigenvalue weighted by Gasteiger charge is 2.24. The van der Waals surface area contributed by atoms with E-state index in [0.717, 1.165) is 41.3 Å². The molecular weight excluding hydrogens is 606 g/mol. The molecule has 2 N–H and O–H groups in total. The van der Waals surface area contributed by atoms with Gasteiger partial charge in [-0.1, -0.05) is 22.9 Å². The Morgan fingerprint density at radius 3 is 2.89 bits per heavy atom. The third-order valence-electron chi connectivity index (χ3n) is 6.91. The van der Waals surface area contributed by atoms with Crippen LogP contribution in [0.2, 0.25) is 5.02 Å². The number of thioether (sulfide) groups is 1. The van der Waals surface area contributed by atoms with Gasteiger partial charge in [0.05, 0.1) is 17.8 Å². The van der Waals surface area contributed by atoms with Crippen molar-refractivity contribution in [3.63, 3.8) is 0 Å². The second-order valence-electron chi connectivity index (χ2n) is 10.0. The molecule has 5 rings (SSSR count). The third-order valence-corrected chi connectivity index (χ3v) is 8.29. The van der Waals surface area contributed by atoms with E-state index in [0.29, 0.717) is 54.6 Å². The maximum atomic E-state index is 12.7. The Bertz CT molecular complexity index is 1620. The number of benzene rings is 2. The lowest BCUT2D eigenvalue weighted by Gasteiger charge is -2.26. The zero-order valence-electron chi connectivity index (χ0n) is 24.1. The summed E-state index contributed by atoms with van der Waals surface area (Å²) < 4.78 is 12.4. The van der Waals surface area contributed by atoms with Crippen molar-refractivity contribution < 1.29 is 23.5 Å². The number of aromatic nitrogens is 4. The number of anilines is 1. The molecule has 0 unspecified atom stereocenters. The lowest BCUT2D eigenvalue weighted by Crippen LogP contribution is -2.49. The summed E-state index contributed by atoms with van der Waals surface area (Å²) in [7, 11) is 1.53. The summed E-state index contributed by atoms with van der Waals surface area (Å²) in [4.78, 5) is 43.0. The Morgan fingerprint density at radius 2 is 2.07 bits per heavy atom. The molecule has 1 aliphatic heterocycles. The van der Waals surface area contributed by atoms with Crippen LogP contribution in [-0.2, 0) is 17.8 Å². The first-order chi connectivity index (χ1) is 21.4. The zero-order valence-corrected chi connectivity index (χ0v) is 25.7. The molecule has 0 spiro atoms. The Hall–Kier alpha value is -4.36. The number of nitrogens with zero attached hydrogens (tertiary/aromatic N) is 5. The van der Waals surface area contributed by atoms with Crippen LogP contribution in [0.5, 0.6) is 5.75 Å². The molecule has 0 radical (unpaired) electrons. The van der Waals surface area contributed by atoms with Crippen LogP contribution in [0.1, 0.15) is 41.9 Å². The molecule has 3 heterocycles. The standard InChI is InChI=1S/C30H32ClN7O5S/c1-42-25-10-9-20(16-24(25)31)28-27(33-19-43-28)29(40)32-12-5-13-37-18-21(35-36-37)6-2-3-15-44-23-8-4-7-22(17-23)38-14-11-26(39)34-30(38)41/h4,7-10,16-19H,2-3,5-6,11-15H2,1H3,(H,32,40)(H,34,39,41). The highest BCUT2D eigenvalue weighted by Crippen LogP contribution is 2.31. The fourth-order valence-corrected chi connectivity index (χ4v) is 5.88. The van der Waals surface area contributed by atoms with Crippen LogP contribution in [0.25, 0.3) is 11.3 Å². The Labute approximate surface area is 263 Å². The van der Waals surface area contributed by atoms with Crippen LogP contribution in [-0.4, -0.2) is 63.8 Å². The predicted octanol–water partition coefficient (Wildman–Crippen LogP) is 4.98. The minimum atomic E-state index is -0.377. The molecule has 0 bridgehead atoms. The van der Waals surface area contributed by atoms with Crippen molar-refractivity contribution in [3.05, 3.63) is 71.5 Å². The molecule has 1 aliphatic rings. The first-order valence-corrected chi connectivity index (χ1v) is 15.6. The van der Waals surface area contributed by atoms with Gasteiger partial charge in [0.1, 0.15) is 5.75 Å². The smallest absolute Gasteiger partial charge is 0.328 e. The summed E-state index contributed by atoms with van der Waals surface area (Å²) >= 11 is 7.95. The van der Waals surface area contributed by atoms with Gasteiger partial charge in [-0.2, -0.15) is 0 Å². The number of amides is 4. The molecular formula is C30H32ClN7O5S. The molecule has 44 heavy (non-hydrogen) atoms. The van der Waals surface area contributed by atoms with E-state index >= 15 is 0 Å². The van der Waals surface area contributed by atoms with E-state index in [9.17, 15) is 14.4 Å². The first-order valence-electron chi connectivity index (χ1n) is 14.2. The van der Waals surface area contributed by atoms with Gasteiger partial charge in [-0.15, -0.1) is 16.9 Å². The van der Waals surface area contributed by atoms with Crippen LogP contribution in [0.4, 0.5) is 10.5 Å². The van der Waals surface area contributed by atoms with E-state index < -0.39 is 0 Å². The van der Waals surface area contributed by atoms with Gasteiger partial charge in [-0.05, 0) is 67.8 Å². The topological polar surface area (TPSA) is 144 Å². The lowest BCUT2D eigenvalue weighted by atomic mass is 10.1. The molecule has 2 aromatic heterocycles. The van der Waals surface area contributed by atoms with Crippen LogP contribution in [0.3, 0.4) is 0 Å². The van der Waals surface area contributed by atoms with E-state index in [1.54, 1.807) is 39.5 Å². The molecule has 1 saturated heterocycles. The quantitative estimate of drug-likeness (QED) is 0.144. The Morgan fingerprint density at radius 1 is 1.18 bits per heavy atom. The third kappa shape index (κ3) is 7.97. The Kier molecular flexibility index (Phi) is 10.5. The number of hydrogen-bond acceptors (Lipinski definition) is 9. The molecule has 1 fully saturated rings. The predicted molar refractivity (Wildman–Crippen MR) is 166 cm³/mol. The molecule has 14 heteroatoms. The summed E-state index contributed by atoms with van der Waals surface area (Å²) in [6, 6.07) is 12.6. The van der Waals surface area contributed by atoms with Gasteiger partial charge in [0.15, 0.2) is 17.8 Å². The number of halogens is 1. The SMILES string of the molecule is COc1ccc(-c2ocnc2C(=O)NCCCn2cc(CCCCSc3cccc(N4CCC(=O)NC4=O)c3)nn2)cc1Cl. The molecule has 4 amide bonds. The van der Waals surface area contributed by atoms with Crippen molar-refractivity contribution in [2.24, 2.45) is 0 Å². The molecule has 4 aromatic rings. The highest BCUT2D eigenvalue weighted by atomic mass is 35.5. The first kappa shape index (κ1) is 31.1. The normalized spacial score (nSPS) is 13.2. The number of aryl methyl sites for hydroxylation is 2. The van der Waals surface area contributed by atoms with Gasteiger partial charge in [0, 0.05) is 48.4 Å². The molecule has 2 aromatic carbocycles. The largest absolute Gasteiger partial charge is 0.495 e.